The molecule has 0 radical (unpaired) electrons. The SMILES string of the molecule is COC(=O)O[C@@H]1CC2=CC=C3[C@@H]4CC[C@H]([C@H](C)[C@@H](C)CCC(C)(C)O)[C@@]4(C)CC[C@@H]3[C@@]2(C)[C@@H](OC(=O)OC)C1. The van der Waals surface area contributed by atoms with Gasteiger partial charge in [0, 0.05) is 18.3 Å². The first-order valence-electron chi connectivity index (χ1n) is 14.9. The number of ether oxygens (including phenoxy) is 4. The van der Waals surface area contributed by atoms with E-state index in [1.165, 1.54) is 32.6 Å². The van der Waals surface area contributed by atoms with Gasteiger partial charge in [0.05, 0.1) is 19.8 Å². The summed E-state index contributed by atoms with van der Waals surface area (Å²) in [6, 6.07) is 0. The summed E-state index contributed by atoms with van der Waals surface area (Å²) in [5.41, 5.74) is 1.90. The fraction of sp³-hybridized carbons (Fsp3) is 0.812. The van der Waals surface area contributed by atoms with E-state index in [2.05, 4.69) is 39.8 Å². The van der Waals surface area contributed by atoms with E-state index in [-0.39, 0.29) is 16.7 Å². The van der Waals surface area contributed by atoms with Crippen molar-refractivity contribution in [1.29, 1.82) is 0 Å². The zero-order valence-corrected chi connectivity index (χ0v) is 25.2. The van der Waals surface area contributed by atoms with E-state index >= 15 is 0 Å². The molecule has 9 atom stereocenters. The molecule has 3 saturated carbocycles. The number of carbonyl (C=O) groups is 2. The normalized spacial score (nSPS) is 37.2. The first kappa shape index (κ1) is 30.0. The Morgan fingerprint density at radius 3 is 2.33 bits per heavy atom. The summed E-state index contributed by atoms with van der Waals surface area (Å²) in [4.78, 5) is 24.2. The number of methoxy groups -OCH3 is 2. The molecule has 3 fully saturated rings. The van der Waals surface area contributed by atoms with Gasteiger partial charge in [0.25, 0.3) is 0 Å². The Labute approximate surface area is 234 Å². The first-order chi connectivity index (χ1) is 18.2. The molecule has 4 rings (SSSR count). The summed E-state index contributed by atoms with van der Waals surface area (Å²) in [5.74, 6) is 2.56. The maximum atomic E-state index is 12.3. The Morgan fingerprint density at radius 1 is 1.03 bits per heavy atom. The van der Waals surface area contributed by atoms with E-state index in [0.29, 0.717) is 36.5 Å². The Balaban J connectivity index is 1.60. The van der Waals surface area contributed by atoms with Crippen LogP contribution in [0.5, 0.6) is 0 Å². The lowest BCUT2D eigenvalue weighted by molar-refractivity contribution is -0.0835. The molecule has 4 aliphatic carbocycles. The molecule has 0 aromatic heterocycles. The summed E-state index contributed by atoms with van der Waals surface area (Å²) in [7, 11) is 2.63. The lowest BCUT2D eigenvalue weighted by atomic mass is 9.49. The minimum absolute atomic E-state index is 0.232. The van der Waals surface area contributed by atoms with Gasteiger partial charge in [-0.3, -0.25) is 0 Å². The van der Waals surface area contributed by atoms with Gasteiger partial charge in [-0.2, -0.15) is 0 Å². The number of rotatable bonds is 7. The predicted octanol–water partition coefficient (Wildman–Crippen LogP) is 7.22. The number of hydrogen-bond acceptors (Lipinski definition) is 7. The minimum Gasteiger partial charge on any atom is -0.438 e. The topological polar surface area (TPSA) is 91.3 Å². The summed E-state index contributed by atoms with van der Waals surface area (Å²) in [6.45, 7) is 13.3. The maximum absolute atomic E-state index is 12.3. The van der Waals surface area contributed by atoms with Crippen LogP contribution < -0.4 is 0 Å². The summed E-state index contributed by atoms with van der Waals surface area (Å²) in [6.07, 6.45) is 9.72. The molecule has 1 N–H and O–H groups in total. The van der Waals surface area contributed by atoms with Gasteiger partial charge in [0.1, 0.15) is 12.2 Å². The molecule has 4 aliphatic rings. The second-order valence-corrected chi connectivity index (χ2v) is 13.9. The molecule has 0 bridgehead atoms. The molecule has 7 nitrogen and oxygen atoms in total. The molecular weight excluding hydrogens is 496 g/mol. The number of hydrogen-bond donors (Lipinski definition) is 1. The largest absolute Gasteiger partial charge is 0.508 e. The van der Waals surface area contributed by atoms with Crippen LogP contribution >= 0.6 is 0 Å². The molecule has 0 spiro atoms. The minimum atomic E-state index is -0.718. The second-order valence-electron chi connectivity index (χ2n) is 13.9. The molecule has 0 unspecified atom stereocenters. The van der Waals surface area contributed by atoms with Crippen molar-refractivity contribution in [3.8, 4) is 0 Å². The van der Waals surface area contributed by atoms with Gasteiger partial charge in [-0.05, 0) is 87.4 Å². The highest BCUT2D eigenvalue weighted by molar-refractivity contribution is 5.61. The van der Waals surface area contributed by atoms with Gasteiger partial charge in [0.15, 0.2) is 0 Å². The van der Waals surface area contributed by atoms with Gasteiger partial charge in [-0.15, -0.1) is 0 Å². The van der Waals surface area contributed by atoms with Gasteiger partial charge >= 0.3 is 12.3 Å². The lowest BCUT2D eigenvalue weighted by Crippen LogP contribution is -2.54. The number of allylic oxidation sites excluding steroid dienone is 3. The van der Waals surface area contributed by atoms with Crippen LogP contribution in [0.15, 0.2) is 23.3 Å². The third kappa shape index (κ3) is 5.62. The standard InChI is InChI=1S/C32H50O7/c1-19(13-15-30(3,4)35)20(2)24-11-12-25-23-10-9-21-17-22(38-28(33)36-7)18-27(39-29(34)37-8)32(21,6)26(23)14-16-31(24,25)5/h9-10,19-20,22,24-27,35H,11-18H2,1-8H3/t19-,20+,22+,24+,25-,26-,27-,31+,32-/m0/s1. The Kier molecular flexibility index (Phi) is 8.52. The van der Waals surface area contributed by atoms with Crippen molar-refractivity contribution in [2.75, 3.05) is 14.2 Å². The molecule has 0 aliphatic heterocycles. The number of fused-ring (bicyclic) bond motifs is 5. The van der Waals surface area contributed by atoms with Gasteiger partial charge < -0.3 is 24.1 Å². The first-order valence-corrected chi connectivity index (χ1v) is 14.9. The van der Waals surface area contributed by atoms with Crippen molar-refractivity contribution in [2.45, 2.75) is 111 Å². The fourth-order valence-electron chi connectivity index (χ4n) is 8.76. The van der Waals surface area contributed by atoms with E-state index in [1.54, 1.807) is 0 Å². The quantitative estimate of drug-likeness (QED) is 0.337. The molecule has 39 heavy (non-hydrogen) atoms. The molecule has 0 saturated heterocycles. The van der Waals surface area contributed by atoms with Crippen molar-refractivity contribution in [1.82, 2.24) is 0 Å². The average molecular weight is 547 g/mol. The highest BCUT2D eigenvalue weighted by Crippen LogP contribution is 2.66. The van der Waals surface area contributed by atoms with Crippen molar-refractivity contribution >= 4 is 12.3 Å². The third-order valence-corrected chi connectivity index (χ3v) is 11.3. The summed E-state index contributed by atoms with van der Waals surface area (Å²) in [5, 5.41) is 10.3. The summed E-state index contributed by atoms with van der Waals surface area (Å²) < 4.78 is 21.1. The average Bonchev–Trinajstić information content (AvgIpc) is 3.24. The number of aliphatic hydroxyl groups is 1. The van der Waals surface area contributed by atoms with Crippen LogP contribution in [-0.2, 0) is 18.9 Å². The fourth-order valence-corrected chi connectivity index (χ4v) is 8.76. The van der Waals surface area contributed by atoms with E-state index < -0.39 is 30.1 Å². The van der Waals surface area contributed by atoms with Gasteiger partial charge in [-0.1, -0.05) is 51.0 Å². The van der Waals surface area contributed by atoms with E-state index in [9.17, 15) is 14.7 Å². The molecule has 7 heteroatoms. The summed E-state index contributed by atoms with van der Waals surface area (Å²) >= 11 is 0. The molecule has 0 aromatic rings. The zero-order chi connectivity index (χ0) is 28.8. The monoisotopic (exact) mass is 546 g/mol. The Hall–Kier alpha value is -2.02. The van der Waals surface area contributed by atoms with Crippen molar-refractivity contribution in [3.05, 3.63) is 23.3 Å². The van der Waals surface area contributed by atoms with Crippen LogP contribution in [0.1, 0.15) is 92.9 Å². The van der Waals surface area contributed by atoms with Crippen molar-refractivity contribution in [3.63, 3.8) is 0 Å². The molecular formula is C32H50O7. The molecule has 220 valence electrons. The number of carbonyl (C=O) groups excluding carboxylic acids is 2. The van der Waals surface area contributed by atoms with Crippen LogP contribution in [-0.4, -0.2) is 49.4 Å². The van der Waals surface area contributed by atoms with Gasteiger partial charge in [-0.25, -0.2) is 9.59 Å². The lowest BCUT2D eigenvalue weighted by Gasteiger charge is -2.57. The zero-order valence-electron chi connectivity index (χ0n) is 25.2. The molecule has 0 heterocycles. The van der Waals surface area contributed by atoms with Crippen molar-refractivity contribution < 1.29 is 33.6 Å². The van der Waals surface area contributed by atoms with Crippen LogP contribution in [0, 0.1) is 40.4 Å². The van der Waals surface area contributed by atoms with E-state index in [1.807, 2.05) is 13.8 Å². The highest BCUT2D eigenvalue weighted by atomic mass is 16.7. The van der Waals surface area contributed by atoms with E-state index in [4.69, 9.17) is 18.9 Å². The predicted molar refractivity (Wildman–Crippen MR) is 149 cm³/mol. The van der Waals surface area contributed by atoms with E-state index in [0.717, 1.165) is 31.3 Å². The second kappa shape index (κ2) is 11.1. The van der Waals surface area contributed by atoms with Gasteiger partial charge in [0.2, 0.25) is 0 Å². The third-order valence-electron chi connectivity index (χ3n) is 11.3. The van der Waals surface area contributed by atoms with Crippen molar-refractivity contribution in [2.24, 2.45) is 40.4 Å². The molecule has 0 aromatic carbocycles. The van der Waals surface area contributed by atoms with Crippen LogP contribution in [0.3, 0.4) is 0 Å². The van der Waals surface area contributed by atoms with Crippen LogP contribution in [0.25, 0.3) is 0 Å². The van der Waals surface area contributed by atoms with Crippen LogP contribution in [0.4, 0.5) is 9.59 Å². The van der Waals surface area contributed by atoms with Crippen LogP contribution in [0.2, 0.25) is 0 Å². The Morgan fingerprint density at radius 2 is 1.69 bits per heavy atom. The Bertz CT molecular complexity index is 993. The molecule has 0 amide bonds. The smallest absolute Gasteiger partial charge is 0.438 e. The maximum Gasteiger partial charge on any atom is 0.508 e. The highest BCUT2D eigenvalue weighted by Gasteiger charge is 2.60.